The first kappa shape index (κ1) is 19.0. The number of rotatable bonds is 8. The summed E-state index contributed by atoms with van der Waals surface area (Å²) in [7, 11) is 0. The topological polar surface area (TPSA) is 71.0 Å². The number of nitrogens with one attached hydrogen (secondary N) is 1. The van der Waals surface area contributed by atoms with Crippen molar-refractivity contribution in [2.45, 2.75) is 25.6 Å². The van der Waals surface area contributed by atoms with Crippen LogP contribution in [0.3, 0.4) is 0 Å². The van der Waals surface area contributed by atoms with Gasteiger partial charge in [0.25, 0.3) is 0 Å². The van der Waals surface area contributed by atoms with E-state index in [2.05, 4.69) is 5.32 Å². The maximum atomic E-state index is 12.5. The number of benzene rings is 2. The summed E-state index contributed by atoms with van der Waals surface area (Å²) in [6.07, 6.45) is -0.0720. The molecule has 6 nitrogen and oxygen atoms in total. The minimum absolute atomic E-state index is 0.121. The van der Waals surface area contributed by atoms with Gasteiger partial charge in [0.15, 0.2) is 11.5 Å². The van der Waals surface area contributed by atoms with Gasteiger partial charge in [0.05, 0.1) is 19.2 Å². The van der Waals surface area contributed by atoms with Crippen molar-refractivity contribution >= 4 is 11.6 Å². The number of aliphatic hydroxyl groups excluding tert-OH is 1. The second-order valence-electron chi connectivity index (χ2n) is 6.58. The number of fused-ring (bicyclic) bond motifs is 1. The fourth-order valence-corrected chi connectivity index (χ4v) is 2.90. The third-order valence-electron chi connectivity index (χ3n) is 4.45. The number of amides is 1. The Balaban J connectivity index is 1.53. The SMILES string of the molecule is CCC(O)CN(CC(=O)NCC1COc2ccccc2O1)c1ccccc1. The number of hydrogen-bond acceptors (Lipinski definition) is 5. The smallest absolute Gasteiger partial charge is 0.239 e. The minimum Gasteiger partial charge on any atom is -0.486 e. The zero-order valence-corrected chi connectivity index (χ0v) is 15.5. The molecule has 0 saturated carbocycles. The molecule has 1 amide bonds. The molecule has 0 aromatic heterocycles. The van der Waals surface area contributed by atoms with Crippen LogP contribution in [0, 0.1) is 0 Å². The zero-order chi connectivity index (χ0) is 19.1. The van der Waals surface area contributed by atoms with E-state index in [0.717, 1.165) is 11.4 Å². The maximum Gasteiger partial charge on any atom is 0.239 e. The van der Waals surface area contributed by atoms with Crippen molar-refractivity contribution in [1.82, 2.24) is 5.32 Å². The van der Waals surface area contributed by atoms with Crippen LogP contribution in [0.25, 0.3) is 0 Å². The zero-order valence-electron chi connectivity index (χ0n) is 15.5. The summed E-state index contributed by atoms with van der Waals surface area (Å²) < 4.78 is 11.5. The lowest BCUT2D eigenvalue weighted by atomic mass is 10.2. The molecule has 0 spiro atoms. The van der Waals surface area contributed by atoms with E-state index in [1.807, 2.05) is 66.4 Å². The first-order valence-electron chi connectivity index (χ1n) is 9.29. The molecular weight excluding hydrogens is 344 g/mol. The van der Waals surface area contributed by atoms with E-state index in [1.165, 1.54) is 0 Å². The van der Waals surface area contributed by atoms with Crippen molar-refractivity contribution in [2.75, 3.05) is 31.1 Å². The Morgan fingerprint density at radius 2 is 1.89 bits per heavy atom. The van der Waals surface area contributed by atoms with Crippen molar-refractivity contribution in [1.29, 1.82) is 0 Å². The summed E-state index contributed by atoms with van der Waals surface area (Å²) in [6.45, 7) is 3.27. The van der Waals surface area contributed by atoms with Crippen LogP contribution in [0.4, 0.5) is 5.69 Å². The van der Waals surface area contributed by atoms with E-state index in [4.69, 9.17) is 9.47 Å². The van der Waals surface area contributed by atoms with Crippen molar-refractivity contribution in [3.05, 3.63) is 54.6 Å². The van der Waals surface area contributed by atoms with Crippen molar-refractivity contribution < 1.29 is 19.4 Å². The molecule has 2 aromatic rings. The molecule has 2 unspecified atom stereocenters. The molecule has 2 atom stereocenters. The van der Waals surface area contributed by atoms with Crippen LogP contribution in [-0.2, 0) is 4.79 Å². The molecule has 1 aliphatic heterocycles. The summed E-state index contributed by atoms with van der Waals surface area (Å²) in [4.78, 5) is 14.3. The number of nitrogens with zero attached hydrogens (tertiary/aromatic N) is 1. The number of aliphatic hydroxyl groups is 1. The van der Waals surface area contributed by atoms with Crippen LogP contribution in [-0.4, -0.2) is 49.5 Å². The van der Waals surface area contributed by atoms with Gasteiger partial charge in [-0.2, -0.15) is 0 Å². The second kappa shape index (κ2) is 9.28. The monoisotopic (exact) mass is 370 g/mol. The Hall–Kier alpha value is -2.73. The van der Waals surface area contributed by atoms with Crippen LogP contribution in [0.5, 0.6) is 11.5 Å². The van der Waals surface area contributed by atoms with Gasteiger partial charge in [-0.1, -0.05) is 37.3 Å². The molecule has 0 aliphatic carbocycles. The molecule has 0 saturated heterocycles. The quantitative estimate of drug-likeness (QED) is 0.746. The number of para-hydroxylation sites is 3. The van der Waals surface area contributed by atoms with Crippen molar-refractivity contribution in [3.63, 3.8) is 0 Å². The molecule has 2 aromatic carbocycles. The summed E-state index contributed by atoms with van der Waals surface area (Å²) >= 11 is 0. The number of carbonyl (C=O) groups excluding carboxylic acids is 1. The summed E-state index contributed by atoms with van der Waals surface area (Å²) in [5.41, 5.74) is 0.909. The third kappa shape index (κ3) is 5.37. The fraction of sp³-hybridized carbons (Fsp3) is 0.381. The van der Waals surface area contributed by atoms with Gasteiger partial charge in [-0.3, -0.25) is 4.79 Å². The standard InChI is InChI=1S/C21H26N2O4/c1-2-17(24)13-23(16-8-4-3-5-9-16)14-21(25)22-12-18-15-26-19-10-6-7-11-20(19)27-18/h3-11,17-18,24H,2,12-15H2,1H3,(H,22,25). The Labute approximate surface area is 159 Å². The summed E-state index contributed by atoms with van der Waals surface area (Å²) in [5.74, 6) is 1.30. The average molecular weight is 370 g/mol. The van der Waals surface area contributed by atoms with Crippen LogP contribution in [0.15, 0.2) is 54.6 Å². The van der Waals surface area contributed by atoms with Crippen LogP contribution >= 0.6 is 0 Å². The van der Waals surface area contributed by atoms with Gasteiger partial charge in [0.1, 0.15) is 12.7 Å². The van der Waals surface area contributed by atoms with E-state index < -0.39 is 6.10 Å². The molecule has 1 aliphatic rings. The normalized spacial score (nSPS) is 16.4. The molecule has 6 heteroatoms. The summed E-state index contributed by atoms with van der Waals surface area (Å²) in [5, 5.41) is 12.9. The Morgan fingerprint density at radius 1 is 1.19 bits per heavy atom. The van der Waals surface area contributed by atoms with E-state index in [-0.39, 0.29) is 18.6 Å². The van der Waals surface area contributed by atoms with Gasteiger partial charge >= 0.3 is 0 Å². The maximum absolute atomic E-state index is 12.5. The van der Waals surface area contributed by atoms with E-state index in [9.17, 15) is 9.90 Å². The highest BCUT2D eigenvalue weighted by Crippen LogP contribution is 2.30. The molecule has 2 N–H and O–H groups in total. The first-order chi connectivity index (χ1) is 13.2. The van der Waals surface area contributed by atoms with Crippen molar-refractivity contribution in [3.8, 4) is 11.5 Å². The minimum atomic E-state index is -0.482. The van der Waals surface area contributed by atoms with Gasteiger partial charge in [-0.05, 0) is 30.7 Å². The van der Waals surface area contributed by atoms with E-state index in [1.54, 1.807) is 0 Å². The average Bonchev–Trinajstić information content (AvgIpc) is 2.72. The van der Waals surface area contributed by atoms with Crippen LogP contribution < -0.4 is 19.7 Å². The number of ether oxygens (including phenoxy) is 2. The molecule has 27 heavy (non-hydrogen) atoms. The molecule has 3 rings (SSSR count). The molecule has 144 valence electrons. The van der Waals surface area contributed by atoms with Gasteiger partial charge in [0.2, 0.25) is 5.91 Å². The van der Waals surface area contributed by atoms with Gasteiger partial charge in [-0.15, -0.1) is 0 Å². The molecule has 0 radical (unpaired) electrons. The highest BCUT2D eigenvalue weighted by atomic mass is 16.6. The first-order valence-corrected chi connectivity index (χ1v) is 9.29. The van der Waals surface area contributed by atoms with Crippen molar-refractivity contribution in [2.24, 2.45) is 0 Å². The van der Waals surface area contributed by atoms with Gasteiger partial charge in [0, 0.05) is 12.2 Å². The predicted octanol–water partition coefficient (Wildman–Crippen LogP) is 2.22. The number of carbonyl (C=O) groups is 1. The Morgan fingerprint density at radius 3 is 2.63 bits per heavy atom. The van der Waals surface area contributed by atoms with E-state index in [0.29, 0.717) is 31.9 Å². The number of anilines is 1. The highest BCUT2D eigenvalue weighted by molar-refractivity contribution is 5.81. The fourth-order valence-electron chi connectivity index (χ4n) is 2.90. The highest BCUT2D eigenvalue weighted by Gasteiger charge is 2.22. The molecular formula is C21H26N2O4. The molecule has 0 bridgehead atoms. The lowest BCUT2D eigenvalue weighted by molar-refractivity contribution is -0.120. The predicted molar refractivity (Wildman–Crippen MR) is 104 cm³/mol. The number of hydrogen-bond donors (Lipinski definition) is 2. The molecule has 1 heterocycles. The summed E-state index contributed by atoms with van der Waals surface area (Å²) in [6, 6.07) is 17.1. The lowest BCUT2D eigenvalue weighted by Gasteiger charge is -2.28. The Bertz CT molecular complexity index is 738. The van der Waals surface area contributed by atoms with E-state index >= 15 is 0 Å². The Kier molecular flexibility index (Phi) is 6.54. The van der Waals surface area contributed by atoms with Gasteiger partial charge < -0.3 is 24.8 Å². The second-order valence-corrected chi connectivity index (χ2v) is 6.58. The third-order valence-corrected chi connectivity index (χ3v) is 4.45. The molecule has 0 fully saturated rings. The lowest BCUT2D eigenvalue weighted by Crippen LogP contribution is -2.45. The van der Waals surface area contributed by atoms with Gasteiger partial charge in [-0.25, -0.2) is 0 Å². The largest absolute Gasteiger partial charge is 0.486 e. The van der Waals surface area contributed by atoms with Crippen LogP contribution in [0.1, 0.15) is 13.3 Å². The van der Waals surface area contributed by atoms with Crippen LogP contribution in [0.2, 0.25) is 0 Å².